The van der Waals surface area contributed by atoms with E-state index >= 15 is 0 Å². The van der Waals surface area contributed by atoms with Crippen molar-refractivity contribution in [2.24, 2.45) is 0 Å². The quantitative estimate of drug-likeness (QED) is 0.582. The number of carbonyl (C=O) groups is 2. The molecule has 0 aromatic heterocycles. The van der Waals surface area contributed by atoms with Crippen molar-refractivity contribution in [3.8, 4) is 0 Å². The van der Waals surface area contributed by atoms with E-state index in [4.69, 9.17) is 11.6 Å². The predicted molar refractivity (Wildman–Crippen MR) is 113 cm³/mol. The second-order valence-corrected chi connectivity index (χ2v) is 7.55. The third kappa shape index (κ3) is 3.67. The number of hydrogen-bond donors (Lipinski definition) is 1. The number of nitrogens with one attached hydrogen (secondary N) is 1. The van der Waals surface area contributed by atoms with Gasteiger partial charge in [-0.2, -0.15) is 0 Å². The molecule has 3 aromatic carbocycles. The van der Waals surface area contributed by atoms with Gasteiger partial charge >= 0.3 is 0 Å². The Labute approximate surface area is 171 Å². The van der Waals surface area contributed by atoms with Crippen molar-refractivity contribution in [3.05, 3.63) is 101 Å². The van der Waals surface area contributed by atoms with Crippen molar-refractivity contribution >= 4 is 46.6 Å². The summed E-state index contributed by atoms with van der Waals surface area (Å²) >= 11 is 7.22. The molecule has 0 aliphatic carbocycles. The van der Waals surface area contributed by atoms with Gasteiger partial charge in [-0.3, -0.25) is 9.59 Å². The zero-order valence-electron chi connectivity index (χ0n) is 14.6. The maximum atomic E-state index is 13.2. The van der Waals surface area contributed by atoms with Crippen LogP contribution in [0.5, 0.6) is 0 Å². The number of nitrogens with zero attached hydrogens (tertiary/aromatic N) is 1. The van der Waals surface area contributed by atoms with Crippen LogP contribution < -0.4 is 10.2 Å². The lowest BCUT2D eigenvalue weighted by Crippen LogP contribution is -2.32. The third-order valence-electron chi connectivity index (χ3n) is 4.13. The number of hydrogen-bond acceptors (Lipinski definition) is 4. The second-order valence-electron chi connectivity index (χ2n) is 6.03. The Kier molecular flexibility index (Phi) is 5.19. The fraction of sp³-hybridized carbons (Fsp3) is 0. The van der Waals surface area contributed by atoms with Gasteiger partial charge in [0.1, 0.15) is 10.6 Å². The largest absolute Gasteiger partial charge is 0.350 e. The van der Waals surface area contributed by atoms with Gasteiger partial charge in [0.05, 0.1) is 5.69 Å². The maximum absolute atomic E-state index is 13.2. The first-order valence-electron chi connectivity index (χ1n) is 8.57. The van der Waals surface area contributed by atoms with E-state index in [1.807, 2.05) is 60.7 Å². The lowest BCUT2D eigenvalue weighted by molar-refractivity contribution is -0.120. The van der Waals surface area contributed by atoms with E-state index in [0.717, 1.165) is 10.6 Å². The molecule has 1 N–H and O–H groups in total. The van der Waals surface area contributed by atoms with Crippen molar-refractivity contribution in [2.45, 2.75) is 4.90 Å². The molecule has 0 saturated heterocycles. The van der Waals surface area contributed by atoms with Crippen LogP contribution >= 0.6 is 23.4 Å². The van der Waals surface area contributed by atoms with Crippen molar-refractivity contribution in [2.75, 3.05) is 10.2 Å². The molecule has 1 aliphatic rings. The summed E-state index contributed by atoms with van der Waals surface area (Å²) in [5.74, 6) is -0.755. The summed E-state index contributed by atoms with van der Waals surface area (Å²) in [5.41, 5.74) is 1.48. The highest BCUT2D eigenvalue weighted by molar-refractivity contribution is 8.04. The van der Waals surface area contributed by atoms with Crippen LogP contribution in [0.2, 0.25) is 5.02 Å². The van der Waals surface area contributed by atoms with E-state index in [1.54, 1.807) is 24.3 Å². The van der Waals surface area contributed by atoms with Crippen molar-refractivity contribution in [3.63, 3.8) is 0 Å². The molecule has 4 nitrogen and oxygen atoms in total. The number of carbonyl (C=O) groups excluding carboxylic acids is 2. The van der Waals surface area contributed by atoms with Crippen LogP contribution in [-0.4, -0.2) is 11.8 Å². The number of amides is 2. The van der Waals surface area contributed by atoms with Crippen molar-refractivity contribution in [1.82, 2.24) is 0 Å². The molecule has 138 valence electrons. The molecule has 0 atom stereocenters. The van der Waals surface area contributed by atoms with E-state index in [9.17, 15) is 9.59 Å². The molecule has 0 bridgehead atoms. The summed E-state index contributed by atoms with van der Waals surface area (Å²) < 4.78 is 0. The maximum Gasteiger partial charge on any atom is 0.283 e. The fourth-order valence-corrected chi connectivity index (χ4v) is 3.89. The Morgan fingerprint density at radius 1 is 0.750 bits per heavy atom. The Morgan fingerprint density at radius 3 is 2.00 bits per heavy atom. The summed E-state index contributed by atoms with van der Waals surface area (Å²) in [6.45, 7) is 0. The van der Waals surface area contributed by atoms with Crippen LogP contribution in [0, 0.1) is 0 Å². The minimum absolute atomic E-state index is 0.264. The standard InChI is InChI=1S/C22H15ClN2O2S/c23-15-11-13-17(14-12-15)25-21(26)19(24-16-7-3-1-4-8-16)20(22(25)27)28-18-9-5-2-6-10-18/h1-14,24H. The summed E-state index contributed by atoms with van der Waals surface area (Å²) in [5, 5.41) is 3.66. The van der Waals surface area contributed by atoms with E-state index in [2.05, 4.69) is 5.32 Å². The molecular formula is C22H15ClN2O2S. The lowest BCUT2D eigenvalue weighted by atomic mass is 10.3. The Bertz CT molecular complexity index is 987. The molecule has 4 rings (SSSR count). The van der Waals surface area contributed by atoms with Crippen molar-refractivity contribution in [1.29, 1.82) is 0 Å². The minimum atomic E-state index is -0.394. The zero-order chi connectivity index (χ0) is 19.5. The molecule has 2 amide bonds. The third-order valence-corrected chi connectivity index (χ3v) is 5.48. The summed E-state index contributed by atoms with van der Waals surface area (Å²) in [6.07, 6.45) is 0. The molecule has 0 fully saturated rings. The first-order valence-corrected chi connectivity index (χ1v) is 9.76. The molecular weight excluding hydrogens is 392 g/mol. The minimum Gasteiger partial charge on any atom is -0.350 e. The molecule has 6 heteroatoms. The summed E-state index contributed by atoms with van der Waals surface area (Å²) in [7, 11) is 0. The average Bonchev–Trinajstić information content (AvgIpc) is 2.94. The number of para-hydroxylation sites is 1. The molecule has 1 aliphatic heterocycles. The van der Waals surface area contributed by atoms with Gasteiger partial charge in [-0.1, -0.05) is 59.8 Å². The summed E-state index contributed by atoms with van der Waals surface area (Å²) in [6, 6.07) is 25.5. The molecule has 0 saturated carbocycles. The van der Waals surface area contributed by atoms with Gasteiger partial charge in [0.2, 0.25) is 0 Å². The Morgan fingerprint density at radius 2 is 1.36 bits per heavy atom. The summed E-state index contributed by atoms with van der Waals surface area (Å²) in [4.78, 5) is 28.7. The van der Waals surface area contributed by atoms with Crippen LogP contribution in [0.15, 0.2) is 100 Å². The molecule has 0 unspecified atom stereocenters. The molecule has 3 aromatic rings. The van der Waals surface area contributed by atoms with Gasteiger partial charge in [0.15, 0.2) is 0 Å². The highest BCUT2D eigenvalue weighted by Gasteiger charge is 2.40. The molecule has 1 heterocycles. The van der Waals surface area contributed by atoms with Gasteiger partial charge in [-0.05, 0) is 48.5 Å². The number of thioether (sulfide) groups is 1. The molecule has 28 heavy (non-hydrogen) atoms. The van der Waals surface area contributed by atoms with Crippen LogP contribution in [0.4, 0.5) is 11.4 Å². The zero-order valence-corrected chi connectivity index (χ0v) is 16.2. The van der Waals surface area contributed by atoms with Crippen molar-refractivity contribution < 1.29 is 9.59 Å². The smallest absolute Gasteiger partial charge is 0.283 e. The first-order chi connectivity index (χ1) is 13.6. The van der Waals surface area contributed by atoms with Gasteiger partial charge < -0.3 is 5.32 Å². The highest BCUT2D eigenvalue weighted by Crippen LogP contribution is 2.37. The highest BCUT2D eigenvalue weighted by atomic mass is 35.5. The SMILES string of the molecule is O=C1C(Nc2ccccc2)=C(Sc2ccccc2)C(=O)N1c1ccc(Cl)cc1. The van der Waals surface area contributed by atoms with Crippen LogP contribution in [0.25, 0.3) is 0 Å². The van der Waals surface area contributed by atoms with Crippen LogP contribution in [0.1, 0.15) is 0 Å². The van der Waals surface area contributed by atoms with Gasteiger partial charge in [0, 0.05) is 15.6 Å². The van der Waals surface area contributed by atoms with Gasteiger partial charge in [-0.15, -0.1) is 0 Å². The topological polar surface area (TPSA) is 49.4 Å². The lowest BCUT2D eigenvalue weighted by Gasteiger charge is -2.15. The van der Waals surface area contributed by atoms with E-state index in [-0.39, 0.29) is 11.6 Å². The fourth-order valence-electron chi connectivity index (χ4n) is 2.81. The monoisotopic (exact) mass is 406 g/mol. The number of anilines is 2. The predicted octanol–water partition coefficient (Wildman–Crippen LogP) is 5.33. The Hall–Kier alpha value is -3.02. The molecule has 0 spiro atoms. The number of halogens is 1. The molecule has 0 radical (unpaired) electrons. The van der Waals surface area contributed by atoms with E-state index < -0.39 is 5.91 Å². The Balaban J connectivity index is 1.74. The second kappa shape index (κ2) is 7.92. The van der Waals surface area contributed by atoms with E-state index in [1.165, 1.54) is 16.7 Å². The number of imide groups is 1. The van der Waals surface area contributed by atoms with Crippen LogP contribution in [0.3, 0.4) is 0 Å². The number of rotatable bonds is 5. The van der Waals surface area contributed by atoms with Crippen LogP contribution in [-0.2, 0) is 9.59 Å². The number of benzene rings is 3. The van der Waals surface area contributed by atoms with Gasteiger partial charge in [-0.25, -0.2) is 4.90 Å². The van der Waals surface area contributed by atoms with E-state index in [0.29, 0.717) is 15.6 Å². The normalized spacial score (nSPS) is 14.0. The average molecular weight is 407 g/mol. The van der Waals surface area contributed by atoms with Gasteiger partial charge in [0.25, 0.3) is 11.8 Å². The first kappa shape index (κ1) is 18.3.